The predicted octanol–water partition coefficient (Wildman–Crippen LogP) is 3.64. The molecule has 1 nitrogen and oxygen atoms in total. The molecule has 0 aliphatic heterocycles. The molecule has 0 unspecified atom stereocenters. The summed E-state index contributed by atoms with van der Waals surface area (Å²) in [6, 6.07) is 7.65. The van der Waals surface area contributed by atoms with E-state index in [0.717, 1.165) is 6.08 Å². The summed E-state index contributed by atoms with van der Waals surface area (Å²) in [6.45, 7) is 0. The first-order chi connectivity index (χ1) is 8.33. The van der Waals surface area contributed by atoms with Crippen LogP contribution in [0.15, 0.2) is 54.1 Å². The molecule has 5 heteroatoms. The predicted molar refractivity (Wildman–Crippen MR) is 57.9 cm³/mol. The van der Waals surface area contributed by atoms with Gasteiger partial charge in [0.1, 0.15) is 0 Å². The zero-order valence-corrected chi connectivity index (χ0v) is 9.04. The molecule has 0 saturated carbocycles. The Morgan fingerprint density at radius 2 is 1.56 bits per heavy atom. The molecule has 1 aromatic rings. The Morgan fingerprint density at radius 1 is 0.944 bits per heavy atom. The van der Waals surface area contributed by atoms with Crippen LogP contribution in [0.2, 0.25) is 0 Å². The summed E-state index contributed by atoms with van der Waals surface area (Å²) in [5.74, 6) is -9.31. The fourth-order valence-corrected chi connectivity index (χ4v) is 1.54. The molecule has 94 valence electrons. The van der Waals surface area contributed by atoms with Crippen LogP contribution in [0.4, 0.5) is 17.6 Å². The molecule has 0 heterocycles. The normalized spacial score (nSPS) is 20.3. The summed E-state index contributed by atoms with van der Waals surface area (Å²) in [6.07, 6.45) is 0.804. The Morgan fingerprint density at radius 3 is 2.11 bits per heavy atom. The number of carbonyl (C=O) groups is 1. The molecule has 0 bridgehead atoms. The Bertz CT molecular complexity index is 529. The van der Waals surface area contributed by atoms with Crippen LogP contribution in [0.25, 0.3) is 0 Å². The van der Waals surface area contributed by atoms with Gasteiger partial charge in [-0.15, -0.1) is 0 Å². The summed E-state index contributed by atoms with van der Waals surface area (Å²) < 4.78 is 51.8. The minimum Gasteiger partial charge on any atom is -0.289 e. The van der Waals surface area contributed by atoms with Gasteiger partial charge in [-0.05, 0) is 12.2 Å². The van der Waals surface area contributed by atoms with Gasteiger partial charge in [0.15, 0.2) is 5.78 Å². The first-order valence-electron chi connectivity index (χ1n) is 5.11. The lowest BCUT2D eigenvalue weighted by molar-refractivity contribution is -0.148. The van der Waals surface area contributed by atoms with Crippen molar-refractivity contribution in [2.24, 2.45) is 0 Å². The Labute approximate surface area is 100 Å². The van der Waals surface area contributed by atoms with Crippen molar-refractivity contribution in [3.8, 4) is 0 Å². The maximum atomic E-state index is 13.1. The van der Waals surface area contributed by atoms with Crippen LogP contribution in [-0.2, 0) is 0 Å². The number of benzene rings is 1. The largest absolute Gasteiger partial charge is 0.333 e. The van der Waals surface area contributed by atoms with E-state index in [2.05, 4.69) is 0 Å². The SMILES string of the molecule is O=C(C1=CC(F)(F)C(F)(F)C=C1)c1ccccc1. The van der Waals surface area contributed by atoms with E-state index < -0.39 is 23.2 Å². The molecule has 1 aromatic carbocycles. The number of ketones is 1. The summed E-state index contributed by atoms with van der Waals surface area (Å²) in [7, 11) is 0. The molecular formula is C13H8F4O. The summed E-state index contributed by atoms with van der Waals surface area (Å²) in [4.78, 5) is 11.8. The average molecular weight is 256 g/mol. The lowest BCUT2D eigenvalue weighted by atomic mass is 9.94. The van der Waals surface area contributed by atoms with Crippen molar-refractivity contribution >= 4 is 5.78 Å². The summed E-state index contributed by atoms with van der Waals surface area (Å²) in [5, 5.41) is 0. The van der Waals surface area contributed by atoms with E-state index in [1.54, 1.807) is 18.2 Å². The third-order valence-corrected chi connectivity index (χ3v) is 2.55. The van der Waals surface area contributed by atoms with Gasteiger partial charge in [-0.1, -0.05) is 30.3 Å². The third kappa shape index (κ3) is 2.08. The van der Waals surface area contributed by atoms with Crippen LogP contribution in [0.5, 0.6) is 0 Å². The maximum Gasteiger partial charge on any atom is 0.333 e. The lowest BCUT2D eigenvalue weighted by Gasteiger charge is -2.24. The standard InChI is InChI=1S/C13H8F4O/c14-12(15)7-6-10(8-13(12,16)17)11(18)9-4-2-1-3-5-9/h1-8H. The molecule has 18 heavy (non-hydrogen) atoms. The van der Waals surface area contributed by atoms with Crippen LogP contribution in [-0.4, -0.2) is 17.6 Å². The molecule has 0 saturated heterocycles. The molecular weight excluding hydrogens is 248 g/mol. The van der Waals surface area contributed by atoms with Crippen LogP contribution < -0.4 is 0 Å². The minimum absolute atomic E-state index is 0.0162. The van der Waals surface area contributed by atoms with E-state index in [0.29, 0.717) is 0 Å². The molecule has 0 radical (unpaired) electrons. The van der Waals surface area contributed by atoms with Gasteiger partial charge in [-0.25, -0.2) is 0 Å². The van der Waals surface area contributed by atoms with Crippen LogP contribution in [0, 0.1) is 0 Å². The maximum absolute atomic E-state index is 13.1. The monoisotopic (exact) mass is 256 g/mol. The van der Waals surface area contributed by atoms with E-state index in [-0.39, 0.29) is 17.7 Å². The number of hydrogen-bond acceptors (Lipinski definition) is 1. The molecule has 1 aliphatic carbocycles. The van der Waals surface area contributed by atoms with Crippen molar-refractivity contribution in [1.82, 2.24) is 0 Å². The van der Waals surface area contributed by atoms with Gasteiger partial charge in [0.05, 0.1) is 0 Å². The second-order valence-electron chi connectivity index (χ2n) is 3.87. The zero-order chi connectivity index (χ0) is 13.4. The molecule has 0 N–H and O–H groups in total. The fraction of sp³-hybridized carbons (Fsp3) is 0.154. The first-order valence-corrected chi connectivity index (χ1v) is 5.11. The Balaban J connectivity index is 2.35. The lowest BCUT2D eigenvalue weighted by Crippen LogP contribution is -2.39. The van der Waals surface area contributed by atoms with Gasteiger partial charge in [0.2, 0.25) is 0 Å². The van der Waals surface area contributed by atoms with Gasteiger partial charge >= 0.3 is 11.8 Å². The number of rotatable bonds is 2. The smallest absolute Gasteiger partial charge is 0.289 e. The molecule has 1 aliphatic rings. The fourth-order valence-electron chi connectivity index (χ4n) is 1.54. The van der Waals surface area contributed by atoms with E-state index in [1.165, 1.54) is 12.1 Å². The Hall–Kier alpha value is -1.91. The highest BCUT2D eigenvalue weighted by atomic mass is 19.3. The molecule has 0 aromatic heterocycles. The van der Waals surface area contributed by atoms with Crippen molar-refractivity contribution in [2.75, 3.05) is 0 Å². The van der Waals surface area contributed by atoms with Gasteiger partial charge in [0.25, 0.3) is 0 Å². The van der Waals surface area contributed by atoms with Crippen molar-refractivity contribution in [3.63, 3.8) is 0 Å². The van der Waals surface area contributed by atoms with Crippen LogP contribution >= 0.6 is 0 Å². The van der Waals surface area contributed by atoms with Crippen molar-refractivity contribution in [3.05, 3.63) is 59.7 Å². The first kappa shape index (κ1) is 12.5. The van der Waals surface area contributed by atoms with Crippen LogP contribution in [0.1, 0.15) is 10.4 Å². The molecule has 0 amide bonds. The number of carbonyl (C=O) groups excluding carboxylic acids is 1. The second kappa shape index (κ2) is 4.08. The van der Waals surface area contributed by atoms with Gasteiger partial charge in [-0.3, -0.25) is 4.79 Å². The second-order valence-corrected chi connectivity index (χ2v) is 3.87. The highest BCUT2D eigenvalue weighted by Crippen LogP contribution is 2.40. The number of allylic oxidation sites excluding steroid dienone is 4. The minimum atomic E-state index is -4.35. The number of hydrogen-bond donors (Lipinski definition) is 0. The number of halogens is 4. The molecule has 0 fully saturated rings. The highest BCUT2D eigenvalue weighted by Gasteiger charge is 2.54. The van der Waals surface area contributed by atoms with E-state index in [9.17, 15) is 22.4 Å². The van der Waals surface area contributed by atoms with Gasteiger partial charge in [-0.2, -0.15) is 17.6 Å². The van der Waals surface area contributed by atoms with E-state index in [4.69, 9.17) is 0 Å². The van der Waals surface area contributed by atoms with Crippen molar-refractivity contribution in [1.29, 1.82) is 0 Å². The zero-order valence-electron chi connectivity index (χ0n) is 9.04. The molecule has 2 rings (SSSR count). The van der Waals surface area contributed by atoms with Gasteiger partial charge < -0.3 is 0 Å². The van der Waals surface area contributed by atoms with Gasteiger partial charge in [0, 0.05) is 17.2 Å². The van der Waals surface area contributed by atoms with E-state index >= 15 is 0 Å². The average Bonchev–Trinajstić information content (AvgIpc) is 2.33. The topological polar surface area (TPSA) is 17.1 Å². The van der Waals surface area contributed by atoms with E-state index in [1.807, 2.05) is 0 Å². The highest BCUT2D eigenvalue weighted by molar-refractivity contribution is 6.10. The summed E-state index contributed by atoms with van der Waals surface area (Å²) in [5.41, 5.74) is -0.258. The third-order valence-electron chi connectivity index (χ3n) is 2.55. The molecule has 0 spiro atoms. The quantitative estimate of drug-likeness (QED) is 0.583. The number of Topliss-reactive ketones (excluding diaryl/α,β-unsaturated/α-hetero) is 1. The van der Waals surface area contributed by atoms with Crippen molar-refractivity contribution in [2.45, 2.75) is 11.8 Å². The number of alkyl halides is 4. The van der Waals surface area contributed by atoms with Crippen molar-refractivity contribution < 1.29 is 22.4 Å². The molecule has 0 atom stereocenters. The Kier molecular flexibility index (Phi) is 2.84. The summed E-state index contributed by atoms with van der Waals surface area (Å²) >= 11 is 0. The van der Waals surface area contributed by atoms with Crippen LogP contribution in [0.3, 0.4) is 0 Å².